The van der Waals surface area contributed by atoms with E-state index in [-0.39, 0.29) is 0 Å². The Morgan fingerprint density at radius 3 is 2.39 bits per heavy atom. The van der Waals surface area contributed by atoms with E-state index in [9.17, 15) is 0 Å². The first kappa shape index (κ1) is 19.5. The highest BCUT2D eigenvalue weighted by Crippen LogP contribution is 2.07. The molecule has 0 aliphatic heterocycles. The molecule has 0 bridgehead atoms. The van der Waals surface area contributed by atoms with E-state index in [0.717, 1.165) is 24.0 Å². The fourth-order valence-electron chi connectivity index (χ4n) is 2.28. The molecular formula is C17H33N5O. The molecule has 0 spiro atoms. The molecule has 0 atom stereocenters. The molecular weight excluding hydrogens is 290 g/mol. The van der Waals surface area contributed by atoms with E-state index in [4.69, 9.17) is 4.42 Å². The zero-order chi connectivity index (χ0) is 17.1. The largest absolute Gasteiger partial charge is 0.444 e. The first-order valence-corrected chi connectivity index (χ1v) is 8.55. The van der Waals surface area contributed by atoms with Gasteiger partial charge in [-0.3, -0.25) is 4.99 Å². The highest BCUT2D eigenvalue weighted by atomic mass is 16.4. The highest BCUT2D eigenvalue weighted by molar-refractivity contribution is 5.79. The van der Waals surface area contributed by atoms with Crippen LogP contribution in [0.15, 0.2) is 9.41 Å². The van der Waals surface area contributed by atoms with Crippen molar-refractivity contribution in [3.8, 4) is 0 Å². The molecule has 0 saturated heterocycles. The van der Waals surface area contributed by atoms with Gasteiger partial charge in [0, 0.05) is 13.6 Å². The molecule has 1 aromatic heterocycles. The van der Waals surface area contributed by atoms with Crippen LogP contribution in [0.25, 0.3) is 0 Å². The monoisotopic (exact) mass is 323 g/mol. The zero-order valence-electron chi connectivity index (χ0n) is 15.4. The van der Waals surface area contributed by atoms with Crippen LogP contribution >= 0.6 is 0 Å². The molecule has 0 fully saturated rings. The topological polar surface area (TPSA) is 65.7 Å². The number of aromatic nitrogens is 1. The Balaban J connectivity index is 2.08. The van der Waals surface area contributed by atoms with Crippen molar-refractivity contribution < 1.29 is 4.42 Å². The van der Waals surface area contributed by atoms with Gasteiger partial charge >= 0.3 is 0 Å². The number of aryl methyl sites for hydroxylation is 2. The predicted molar refractivity (Wildman–Crippen MR) is 95.8 cm³/mol. The third-order valence-corrected chi connectivity index (χ3v) is 3.78. The van der Waals surface area contributed by atoms with Gasteiger partial charge in [-0.15, -0.1) is 0 Å². The Labute approximate surface area is 140 Å². The Morgan fingerprint density at radius 1 is 1.09 bits per heavy atom. The zero-order valence-corrected chi connectivity index (χ0v) is 15.4. The van der Waals surface area contributed by atoms with Crippen molar-refractivity contribution in [2.75, 3.05) is 34.2 Å². The summed E-state index contributed by atoms with van der Waals surface area (Å²) in [4.78, 5) is 10.8. The Hall–Kier alpha value is -1.56. The van der Waals surface area contributed by atoms with Gasteiger partial charge in [0.1, 0.15) is 5.76 Å². The molecule has 132 valence electrons. The number of rotatable bonds is 10. The lowest BCUT2D eigenvalue weighted by Crippen LogP contribution is -2.37. The second-order valence-electron chi connectivity index (χ2n) is 6.17. The average Bonchev–Trinajstić information content (AvgIpc) is 2.83. The van der Waals surface area contributed by atoms with Gasteiger partial charge in [0.2, 0.25) is 5.89 Å². The van der Waals surface area contributed by atoms with Gasteiger partial charge in [0.25, 0.3) is 0 Å². The van der Waals surface area contributed by atoms with E-state index in [2.05, 4.69) is 39.6 Å². The van der Waals surface area contributed by atoms with Crippen molar-refractivity contribution >= 4 is 5.96 Å². The van der Waals surface area contributed by atoms with Gasteiger partial charge < -0.3 is 20.0 Å². The number of aliphatic imine (C=N–C) groups is 1. The summed E-state index contributed by atoms with van der Waals surface area (Å²) in [5.41, 5.74) is 0.944. The smallest absolute Gasteiger partial charge is 0.214 e. The number of unbranched alkanes of at least 4 members (excludes halogenated alkanes) is 4. The summed E-state index contributed by atoms with van der Waals surface area (Å²) in [6.07, 6.45) is 6.33. The maximum atomic E-state index is 5.55. The van der Waals surface area contributed by atoms with E-state index in [1.54, 1.807) is 7.05 Å². The fraction of sp³-hybridized carbons (Fsp3) is 0.765. The molecule has 1 aromatic rings. The molecule has 23 heavy (non-hydrogen) atoms. The van der Waals surface area contributed by atoms with E-state index >= 15 is 0 Å². The van der Waals surface area contributed by atoms with Crippen LogP contribution in [-0.2, 0) is 6.54 Å². The third-order valence-electron chi connectivity index (χ3n) is 3.78. The van der Waals surface area contributed by atoms with Crippen molar-refractivity contribution in [1.29, 1.82) is 0 Å². The summed E-state index contributed by atoms with van der Waals surface area (Å²) < 4.78 is 5.55. The van der Waals surface area contributed by atoms with Crippen LogP contribution in [-0.4, -0.2) is 50.1 Å². The quantitative estimate of drug-likeness (QED) is 0.393. The molecule has 0 radical (unpaired) electrons. The van der Waals surface area contributed by atoms with Crippen molar-refractivity contribution in [3.05, 3.63) is 17.3 Å². The average molecular weight is 323 g/mol. The maximum Gasteiger partial charge on any atom is 0.214 e. The number of oxazole rings is 1. The third kappa shape index (κ3) is 8.59. The van der Waals surface area contributed by atoms with E-state index in [0.29, 0.717) is 12.4 Å². The van der Waals surface area contributed by atoms with Gasteiger partial charge in [0.15, 0.2) is 5.96 Å². The maximum absolute atomic E-state index is 5.55. The van der Waals surface area contributed by atoms with Crippen molar-refractivity contribution in [3.63, 3.8) is 0 Å². The number of hydrogen-bond acceptors (Lipinski definition) is 4. The normalized spacial score (nSPS) is 12.0. The Kier molecular flexibility index (Phi) is 9.36. The standard InChI is InChI=1S/C17H33N5O/c1-14-15(2)23-16(21-14)13-20-17(18-3)19-11-9-7-6-8-10-12-22(4)5/h6-13H2,1-5H3,(H2,18,19,20). The minimum atomic E-state index is 0.554. The van der Waals surface area contributed by atoms with Gasteiger partial charge in [-0.1, -0.05) is 19.3 Å². The van der Waals surface area contributed by atoms with E-state index in [1.165, 1.54) is 38.6 Å². The molecule has 0 saturated carbocycles. The van der Waals surface area contributed by atoms with Crippen LogP contribution < -0.4 is 10.6 Å². The van der Waals surface area contributed by atoms with Crippen LogP contribution in [0.1, 0.15) is 49.4 Å². The molecule has 1 heterocycles. The molecule has 2 N–H and O–H groups in total. The van der Waals surface area contributed by atoms with Crippen molar-refractivity contribution in [2.45, 2.75) is 52.5 Å². The van der Waals surface area contributed by atoms with Crippen molar-refractivity contribution in [1.82, 2.24) is 20.5 Å². The summed E-state index contributed by atoms with van der Waals surface area (Å²) in [7, 11) is 6.04. The van der Waals surface area contributed by atoms with Gasteiger partial charge in [-0.05, 0) is 47.3 Å². The van der Waals surface area contributed by atoms with Crippen molar-refractivity contribution in [2.24, 2.45) is 4.99 Å². The molecule has 0 aromatic carbocycles. The van der Waals surface area contributed by atoms with Crippen LogP contribution in [0.5, 0.6) is 0 Å². The molecule has 0 aliphatic carbocycles. The minimum Gasteiger partial charge on any atom is -0.444 e. The fourth-order valence-corrected chi connectivity index (χ4v) is 2.28. The van der Waals surface area contributed by atoms with Crippen LogP contribution in [0.4, 0.5) is 0 Å². The number of guanidine groups is 1. The molecule has 6 nitrogen and oxygen atoms in total. The molecule has 6 heteroatoms. The lowest BCUT2D eigenvalue weighted by Gasteiger charge is -2.11. The SMILES string of the molecule is CN=C(NCCCCCCCN(C)C)NCc1nc(C)c(C)o1. The Morgan fingerprint density at radius 2 is 1.78 bits per heavy atom. The molecule has 1 rings (SSSR count). The van der Waals surface area contributed by atoms with E-state index < -0.39 is 0 Å². The lowest BCUT2D eigenvalue weighted by molar-refractivity contribution is 0.389. The summed E-state index contributed by atoms with van der Waals surface area (Å²) in [5, 5.41) is 6.56. The van der Waals surface area contributed by atoms with Crippen LogP contribution in [0.2, 0.25) is 0 Å². The number of nitrogens with one attached hydrogen (secondary N) is 2. The highest BCUT2D eigenvalue weighted by Gasteiger charge is 2.06. The molecule has 0 aliphatic rings. The summed E-state index contributed by atoms with van der Waals surface area (Å²) in [6.45, 7) is 6.57. The molecule has 0 amide bonds. The summed E-state index contributed by atoms with van der Waals surface area (Å²) >= 11 is 0. The first-order chi connectivity index (χ1) is 11.0. The Bertz CT molecular complexity index is 448. The summed E-state index contributed by atoms with van der Waals surface area (Å²) in [6, 6.07) is 0. The van der Waals surface area contributed by atoms with Crippen LogP contribution in [0, 0.1) is 13.8 Å². The lowest BCUT2D eigenvalue weighted by atomic mass is 10.1. The predicted octanol–water partition coefficient (Wildman–Crippen LogP) is 2.47. The second-order valence-corrected chi connectivity index (χ2v) is 6.17. The minimum absolute atomic E-state index is 0.554. The van der Waals surface area contributed by atoms with Gasteiger partial charge in [-0.2, -0.15) is 0 Å². The first-order valence-electron chi connectivity index (χ1n) is 8.55. The van der Waals surface area contributed by atoms with E-state index in [1.807, 2.05) is 13.8 Å². The van der Waals surface area contributed by atoms with Gasteiger partial charge in [0.05, 0.1) is 12.2 Å². The number of hydrogen-bond donors (Lipinski definition) is 2. The molecule has 0 unspecified atom stereocenters. The van der Waals surface area contributed by atoms with Crippen LogP contribution in [0.3, 0.4) is 0 Å². The summed E-state index contributed by atoms with van der Waals surface area (Å²) in [5.74, 6) is 2.37. The number of nitrogens with zero attached hydrogens (tertiary/aromatic N) is 3. The van der Waals surface area contributed by atoms with Gasteiger partial charge in [-0.25, -0.2) is 4.98 Å². The second kappa shape index (κ2) is 11.0.